The van der Waals surface area contributed by atoms with Gasteiger partial charge in [0.25, 0.3) is 0 Å². The molecule has 0 bridgehead atoms. The molecular weight excluding hydrogens is 425 g/mol. The first-order chi connectivity index (χ1) is 11.6. The molecule has 5 nitrogen and oxygen atoms in total. The van der Waals surface area contributed by atoms with E-state index < -0.39 is 0 Å². The Hall–Kier alpha value is -0.890. The van der Waals surface area contributed by atoms with Crippen LogP contribution >= 0.6 is 24.0 Å². The van der Waals surface area contributed by atoms with E-state index >= 15 is 0 Å². The Morgan fingerprint density at radius 2 is 2.08 bits per heavy atom. The van der Waals surface area contributed by atoms with Gasteiger partial charge in [-0.2, -0.15) is 0 Å². The van der Waals surface area contributed by atoms with E-state index in [4.69, 9.17) is 0 Å². The molecule has 2 rings (SSSR count). The van der Waals surface area contributed by atoms with Crippen molar-refractivity contribution in [3.63, 3.8) is 0 Å². The van der Waals surface area contributed by atoms with Crippen molar-refractivity contribution in [2.75, 3.05) is 33.2 Å². The summed E-state index contributed by atoms with van der Waals surface area (Å²) < 4.78 is 0. The minimum atomic E-state index is 0. The van der Waals surface area contributed by atoms with Crippen molar-refractivity contribution >= 4 is 29.9 Å². The molecular formula is C19H34IN5. The standard InChI is InChI=1S/C19H33N5.HI/c1-15(2)14-24-11-7-18(8-12-24)23-19(20-4)22-10-6-17-5-9-21-13-16(17)3;/h5,9,13,15,18H,6-8,10-12,14H2,1-4H3,(H2,20,22,23);1H. The molecule has 1 aromatic heterocycles. The first-order valence-electron chi connectivity index (χ1n) is 9.17. The average molecular weight is 459 g/mol. The first-order valence-corrected chi connectivity index (χ1v) is 9.17. The molecule has 1 saturated heterocycles. The lowest BCUT2D eigenvalue weighted by molar-refractivity contribution is 0.187. The third-order valence-electron chi connectivity index (χ3n) is 4.60. The Labute approximate surface area is 170 Å². The van der Waals surface area contributed by atoms with Gasteiger partial charge in [-0.15, -0.1) is 24.0 Å². The van der Waals surface area contributed by atoms with Gasteiger partial charge in [-0.3, -0.25) is 9.98 Å². The predicted octanol–water partition coefficient (Wildman–Crippen LogP) is 2.84. The monoisotopic (exact) mass is 459 g/mol. The number of aryl methyl sites for hydroxylation is 1. The highest BCUT2D eigenvalue weighted by Crippen LogP contribution is 2.12. The lowest BCUT2D eigenvalue weighted by atomic mass is 10.0. The summed E-state index contributed by atoms with van der Waals surface area (Å²) in [6, 6.07) is 2.62. The Bertz CT molecular complexity index is 524. The summed E-state index contributed by atoms with van der Waals surface area (Å²) in [6.07, 6.45) is 7.16. The summed E-state index contributed by atoms with van der Waals surface area (Å²) in [6.45, 7) is 11.2. The number of guanidine groups is 1. The fraction of sp³-hybridized carbons (Fsp3) is 0.684. The van der Waals surface area contributed by atoms with Crippen molar-refractivity contribution in [1.29, 1.82) is 0 Å². The number of hydrogen-bond acceptors (Lipinski definition) is 3. The van der Waals surface area contributed by atoms with Gasteiger partial charge in [0.05, 0.1) is 0 Å². The summed E-state index contributed by atoms with van der Waals surface area (Å²) in [5.74, 6) is 1.67. The van der Waals surface area contributed by atoms with Crippen LogP contribution < -0.4 is 10.6 Å². The van der Waals surface area contributed by atoms with Gasteiger partial charge in [0.1, 0.15) is 0 Å². The maximum atomic E-state index is 4.37. The van der Waals surface area contributed by atoms with E-state index in [-0.39, 0.29) is 24.0 Å². The molecule has 0 saturated carbocycles. The number of nitrogens with one attached hydrogen (secondary N) is 2. The van der Waals surface area contributed by atoms with E-state index in [0.29, 0.717) is 6.04 Å². The van der Waals surface area contributed by atoms with E-state index in [0.717, 1.165) is 24.8 Å². The molecule has 0 atom stereocenters. The molecule has 2 N–H and O–H groups in total. The normalized spacial score (nSPS) is 16.6. The zero-order chi connectivity index (χ0) is 17.4. The summed E-state index contributed by atoms with van der Waals surface area (Å²) in [5, 5.41) is 7.02. The van der Waals surface area contributed by atoms with Crippen LogP contribution in [0.2, 0.25) is 0 Å². The van der Waals surface area contributed by atoms with E-state index in [1.807, 2.05) is 19.4 Å². The van der Waals surface area contributed by atoms with Gasteiger partial charge in [0.2, 0.25) is 0 Å². The van der Waals surface area contributed by atoms with Crippen LogP contribution in [-0.4, -0.2) is 55.1 Å². The summed E-state index contributed by atoms with van der Waals surface area (Å²) >= 11 is 0. The van der Waals surface area contributed by atoms with Crippen LogP contribution in [0.4, 0.5) is 0 Å². The smallest absolute Gasteiger partial charge is 0.191 e. The number of pyridine rings is 1. The van der Waals surface area contributed by atoms with Gasteiger partial charge in [-0.25, -0.2) is 0 Å². The van der Waals surface area contributed by atoms with Gasteiger partial charge in [-0.1, -0.05) is 13.8 Å². The molecule has 6 heteroatoms. The van der Waals surface area contributed by atoms with Gasteiger partial charge < -0.3 is 15.5 Å². The molecule has 142 valence electrons. The van der Waals surface area contributed by atoms with E-state index in [1.165, 1.54) is 43.6 Å². The van der Waals surface area contributed by atoms with Crippen LogP contribution in [0, 0.1) is 12.8 Å². The Balaban J connectivity index is 0.00000312. The summed E-state index contributed by atoms with van der Waals surface area (Å²) in [7, 11) is 1.85. The fourth-order valence-corrected chi connectivity index (χ4v) is 3.26. The van der Waals surface area contributed by atoms with E-state index in [2.05, 4.69) is 52.3 Å². The van der Waals surface area contributed by atoms with Crippen LogP contribution in [0.25, 0.3) is 0 Å². The van der Waals surface area contributed by atoms with Crippen molar-refractivity contribution in [1.82, 2.24) is 20.5 Å². The van der Waals surface area contributed by atoms with Gasteiger partial charge in [0, 0.05) is 51.7 Å². The Morgan fingerprint density at radius 1 is 1.36 bits per heavy atom. The van der Waals surface area contributed by atoms with Crippen molar-refractivity contribution in [2.24, 2.45) is 10.9 Å². The van der Waals surface area contributed by atoms with Crippen LogP contribution in [0.5, 0.6) is 0 Å². The fourth-order valence-electron chi connectivity index (χ4n) is 3.26. The topological polar surface area (TPSA) is 52.6 Å². The number of piperidine rings is 1. The number of halogens is 1. The molecule has 0 aromatic carbocycles. The Morgan fingerprint density at radius 3 is 2.68 bits per heavy atom. The molecule has 0 spiro atoms. The number of nitrogens with zero attached hydrogens (tertiary/aromatic N) is 3. The highest BCUT2D eigenvalue weighted by Gasteiger charge is 2.20. The number of hydrogen-bond donors (Lipinski definition) is 2. The van der Waals surface area contributed by atoms with E-state index in [9.17, 15) is 0 Å². The molecule has 0 aliphatic carbocycles. The van der Waals surface area contributed by atoms with Gasteiger partial charge in [-0.05, 0) is 49.3 Å². The SMILES string of the molecule is CN=C(NCCc1ccncc1C)NC1CCN(CC(C)C)CC1.I. The van der Waals surface area contributed by atoms with Crippen molar-refractivity contribution < 1.29 is 0 Å². The highest BCUT2D eigenvalue weighted by atomic mass is 127. The van der Waals surface area contributed by atoms with E-state index in [1.54, 1.807) is 0 Å². The molecule has 25 heavy (non-hydrogen) atoms. The molecule has 0 unspecified atom stereocenters. The summed E-state index contributed by atoms with van der Waals surface area (Å²) in [4.78, 5) is 11.1. The molecule has 1 aliphatic rings. The second-order valence-electron chi connectivity index (χ2n) is 7.16. The zero-order valence-electron chi connectivity index (χ0n) is 16.1. The first kappa shape index (κ1) is 22.2. The number of aliphatic imine (C=N–C) groups is 1. The summed E-state index contributed by atoms with van der Waals surface area (Å²) in [5.41, 5.74) is 2.59. The van der Waals surface area contributed by atoms with Gasteiger partial charge >= 0.3 is 0 Å². The van der Waals surface area contributed by atoms with Crippen molar-refractivity contribution in [3.8, 4) is 0 Å². The maximum absolute atomic E-state index is 4.37. The number of rotatable bonds is 6. The lowest BCUT2D eigenvalue weighted by Crippen LogP contribution is -2.49. The van der Waals surface area contributed by atoms with Gasteiger partial charge in [0.15, 0.2) is 5.96 Å². The van der Waals surface area contributed by atoms with Crippen LogP contribution in [0.3, 0.4) is 0 Å². The zero-order valence-corrected chi connectivity index (χ0v) is 18.4. The molecule has 0 radical (unpaired) electrons. The van der Waals surface area contributed by atoms with Crippen molar-refractivity contribution in [3.05, 3.63) is 29.6 Å². The lowest BCUT2D eigenvalue weighted by Gasteiger charge is -2.34. The highest BCUT2D eigenvalue weighted by molar-refractivity contribution is 14.0. The quantitative estimate of drug-likeness (QED) is 0.390. The van der Waals surface area contributed by atoms with Crippen LogP contribution in [-0.2, 0) is 6.42 Å². The molecule has 1 aromatic rings. The largest absolute Gasteiger partial charge is 0.356 e. The van der Waals surface area contributed by atoms with Crippen LogP contribution in [0.15, 0.2) is 23.5 Å². The third kappa shape index (κ3) is 7.90. The van der Waals surface area contributed by atoms with Crippen LogP contribution in [0.1, 0.15) is 37.8 Å². The molecule has 1 aliphatic heterocycles. The maximum Gasteiger partial charge on any atom is 0.191 e. The minimum Gasteiger partial charge on any atom is -0.356 e. The molecule has 0 amide bonds. The predicted molar refractivity (Wildman–Crippen MR) is 117 cm³/mol. The minimum absolute atomic E-state index is 0. The molecule has 2 heterocycles. The Kier molecular flexibility index (Phi) is 10.3. The number of aromatic nitrogens is 1. The third-order valence-corrected chi connectivity index (χ3v) is 4.60. The number of likely N-dealkylation sites (tertiary alicyclic amines) is 1. The second-order valence-corrected chi connectivity index (χ2v) is 7.16. The second kappa shape index (κ2) is 11.7. The van der Waals surface area contributed by atoms with Crippen molar-refractivity contribution in [2.45, 2.75) is 46.1 Å². The average Bonchev–Trinajstić information content (AvgIpc) is 2.57. The molecule has 1 fully saturated rings.